The largest absolute Gasteiger partial charge is 0.449 e. The molecule has 22 heavy (non-hydrogen) atoms. The maximum Gasteiger partial charge on any atom is 0.437 e. The van der Waals surface area contributed by atoms with Crippen LogP contribution in [0.25, 0.3) is 0 Å². The Hall–Kier alpha value is -2.13. The van der Waals surface area contributed by atoms with Gasteiger partial charge in [-0.3, -0.25) is 4.79 Å². The van der Waals surface area contributed by atoms with Crippen molar-refractivity contribution in [2.24, 2.45) is 0 Å². The molecule has 1 aromatic carbocycles. The highest BCUT2D eigenvalue weighted by Crippen LogP contribution is 2.35. The molecule has 0 saturated carbocycles. The van der Waals surface area contributed by atoms with Gasteiger partial charge in [0.15, 0.2) is 5.69 Å². The normalized spacial score (nSPS) is 11.5. The molecular formula is C12H7ClF4N2O3. The highest BCUT2D eigenvalue weighted by Gasteiger charge is 2.39. The summed E-state index contributed by atoms with van der Waals surface area (Å²) in [5.74, 6) is -2.78. The summed E-state index contributed by atoms with van der Waals surface area (Å²) in [4.78, 5) is 16.7. The molecule has 5 nitrogen and oxygen atoms in total. The van der Waals surface area contributed by atoms with Crippen molar-refractivity contribution in [1.29, 1.82) is 0 Å². The minimum Gasteiger partial charge on any atom is -0.449 e. The van der Waals surface area contributed by atoms with Crippen LogP contribution in [-0.2, 0) is 12.8 Å². The van der Waals surface area contributed by atoms with Crippen LogP contribution in [0.1, 0.15) is 11.5 Å². The minimum atomic E-state index is -4.99. The molecule has 0 aliphatic heterocycles. The van der Waals surface area contributed by atoms with Crippen LogP contribution in [0, 0.1) is 5.82 Å². The molecule has 118 valence electrons. The first-order valence-corrected chi connectivity index (χ1v) is 6.04. The summed E-state index contributed by atoms with van der Waals surface area (Å²) in [5.41, 5.74) is -2.85. The number of nitrogens with one attached hydrogen (secondary N) is 1. The summed E-state index contributed by atoms with van der Waals surface area (Å²) in [5, 5.41) is 8.41. The van der Waals surface area contributed by atoms with Crippen LogP contribution in [0.3, 0.4) is 0 Å². The molecule has 0 bridgehead atoms. The van der Waals surface area contributed by atoms with Crippen LogP contribution in [0.5, 0.6) is 11.5 Å². The first kappa shape index (κ1) is 16.2. The van der Waals surface area contributed by atoms with Gasteiger partial charge >= 0.3 is 6.18 Å². The molecule has 0 saturated heterocycles. The average Bonchev–Trinajstić information content (AvgIpc) is 2.43. The molecule has 2 aromatic rings. The molecule has 10 heteroatoms. The highest BCUT2D eigenvalue weighted by atomic mass is 35.5. The Balaban J connectivity index is 2.54. The first-order chi connectivity index (χ1) is 10.2. The van der Waals surface area contributed by atoms with Crippen molar-refractivity contribution in [1.82, 2.24) is 9.97 Å². The fourth-order valence-electron chi connectivity index (χ4n) is 1.53. The van der Waals surface area contributed by atoms with Crippen LogP contribution < -0.4 is 10.3 Å². The van der Waals surface area contributed by atoms with Gasteiger partial charge in [0, 0.05) is 6.07 Å². The number of rotatable bonds is 3. The quantitative estimate of drug-likeness (QED) is 0.844. The van der Waals surface area contributed by atoms with Gasteiger partial charge in [-0.25, -0.2) is 9.37 Å². The zero-order valence-electron chi connectivity index (χ0n) is 10.5. The maximum absolute atomic E-state index is 13.0. The van der Waals surface area contributed by atoms with Gasteiger partial charge in [0.05, 0.1) is 5.02 Å². The summed E-state index contributed by atoms with van der Waals surface area (Å²) in [6.07, 6.45) is -4.99. The first-order valence-electron chi connectivity index (χ1n) is 5.66. The van der Waals surface area contributed by atoms with Gasteiger partial charge in [0.1, 0.15) is 24.0 Å². The Morgan fingerprint density at radius 3 is 2.59 bits per heavy atom. The molecule has 2 N–H and O–H groups in total. The summed E-state index contributed by atoms with van der Waals surface area (Å²) >= 11 is 5.49. The number of benzene rings is 1. The predicted octanol–water partition coefficient (Wildman–Crippen LogP) is 2.87. The van der Waals surface area contributed by atoms with Crippen molar-refractivity contribution < 1.29 is 27.4 Å². The highest BCUT2D eigenvalue weighted by molar-refractivity contribution is 6.30. The van der Waals surface area contributed by atoms with E-state index in [-0.39, 0.29) is 10.8 Å². The van der Waals surface area contributed by atoms with E-state index in [0.29, 0.717) is 0 Å². The van der Waals surface area contributed by atoms with E-state index in [0.717, 1.165) is 18.2 Å². The van der Waals surface area contributed by atoms with Crippen molar-refractivity contribution >= 4 is 11.6 Å². The topological polar surface area (TPSA) is 75.2 Å². The molecular weight excluding hydrogens is 332 g/mol. The number of nitrogens with zero attached hydrogens (tertiary/aromatic N) is 1. The Kier molecular flexibility index (Phi) is 4.38. The lowest BCUT2D eigenvalue weighted by atomic mass is 10.3. The fourth-order valence-corrected chi connectivity index (χ4v) is 1.70. The average molecular weight is 339 g/mol. The van der Waals surface area contributed by atoms with E-state index in [1.807, 2.05) is 4.98 Å². The number of aromatic nitrogens is 2. The number of ether oxygens (including phenoxy) is 1. The lowest BCUT2D eigenvalue weighted by Gasteiger charge is -2.13. The van der Waals surface area contributed by atoms with E-state index in [1.165, 1.54) is 0 Å². The lowest BCUT2D eigenvalue weighted by molar-refractivity contribution is -0.142. The summed E-state index contributed by atoms with van der Waals surface area (Å²) in [7, 11) is 0. The van der Waals surface area contributed by atoms with E-state index in [9.17, 15) is 22.4 Å². The number of H-pyrrole nitrogens is 1. The predicted molar refractivity (Wildman–Crippen MR) is 67.3 cm³/mol. The van der Waals surface area contributed by atoms with E-state index < -0.39 is 41.4 Å². The van der Waals surface area contributed by atoms with E-state index >= 15 is 0 Å². The smallest absolute Gasteiger partial charge is 0.437 e. The van der Waals surface area contributed by atoms with Crippen molar-refractivity contribution in [2.45, 2.75) is 12.8 Å². The number of aliphatic hydroxyl groups is 1. The SMILES string of the molecule is O=c1[nH]c(CO)nc(C(F)(F)F)c1Oc1ccc(F)c(Cl)c1. The number of hydrogen-bond donors (Lipinski definition) is 2. The fraction of sp³-hybridized carbons (Fsp3) is 0.167. The molecule has 0 unspecified atom stereocenters. The third kappa shape index (κ3) is 3.37. The van der Waals surface area contributed by atoms with E-state index in [4.69, 9.17) is 21.4 Å². The Morgan fingerprint density at radius 2 is 2.05 bits per heavy atom. The van der Waals surface area contributed by atoms with E-state index in [2.05, 4.69) is 4.98 Å². The Morgan fingerprint density at radius 1 is 1.36 bits per heavy atom. The Bertz CT molecular complexity index is 761. The van der Waals surface area contributed by atoms with E-state index in [1.54, 1.807) is 0 Å². The second kappa shape index (κ2) is 5.93. The molecule has 0 spiro atoms. The van der Waals surface area contributed by atoms with Crippen LogP contribution in [0.4, 0.5) is 17.6 Å². The Labute approximate surface area is 125 Å². The van der Waals surface area contributed by atoms with Gasteiger partial charge in [-0.05, 0) is 12.1 Å². The molecule has 0 atom stereocenters. The third-order valence-corrected chi connectivity index (χ3v) is 2.74. The van der Waals surface area contributed by atoms with Gasteiger partial charge in [0.25, 0.3) is 5.56 Å². The number of alkyl halides is 3. The molecule has 0 amide bonds. The summed E-state index contributed by atoms with van der Waals surface area (Å²) in [6, 6.07) is 2.78. The van der Waals surface area contributed by atoms with Crippen LogP contribution >= 0.6 is 11.6 Å². The summed E-state index contributed by atoms with van der Waals surface area (Å²) in [6.45, 7) is -0.888. The molecule has 0 fully saturated rings. The molecule has 0 radical (unpaired) electrons. The van der Waals surface area contributed by atoms with Crippen molar-refractivity contribution in [3.63, 3.8) is 0 Å². The zero-order chi connectivity index (χ0) is 16.5. The standard InChI is InChI=1S/C12H7ClF4N2O3/c13-6-3-5(1-2-7(6)14)22-9-10(12(15,16)17)18-8(4-20)19-11(9)21/h1-3,20H,4H2,(H,18,19,21). The van der Waals surface area contributed by atoms with Gasteiger partial charge < -0.3 is 14.8 Å². The van der Waals surface area contributed by atoms with Gasteiger partial charge in [-0.2, -0.15) is 13.2 Å². The second-order valence-electron chi connectivity index (χ2n) is 4.02. The number of halogens is 5. The van der Waals surface area contributed by atoms with Gasteiger partial charge in [0.2, 0.25) is 5.75 Å². The lowest BCUT2D eigenvalue weighted by Crippen LogP contribution is -2.22. The van der Waals surface area contributed by atoms with Crippen LogP contribution in [0.2, 0.25) is 5.02 Å². The number of hydrogen-bond acceptors (Lipinski definition) is 4. The molecule has 0 aliphatic carbocycles. The van der Waals surface area contributed by atoms with Gasteiger partial charge in [-0.1, -0.05) is 11.6 Å². The molecule has 2 rings (SSSR count). The van der Waals surface area contributed by atoms with Crippen LogP contribution in [-0.4, -0.2) is 15.1 Å². The molecule has 0 aliphatic rings. The molecule has 1 heterocycles. The third-order valence-electron chi connectivity index (χ3n) is 2.46. The monoisotopic (exact) mass is 338 g/mol. The van der Waals surface area contributed by atoms with Crippen molar-refractivity contribution in [2.75, 3.05) is 0 Å². The van der Waals surface area contributed by atoms with Gasteiger partial charge in [-0.15, -0.1) is 0 Å². The zero-order valence-corrected chi connectivity index (χ0v) is 11.3. The maximum atomic E-state index is 13.0. The number of aliphatic hydroxyl groups excluding tert-OH is 1. The number of aromatic amines is 1. The summed E-state index contributed by atoms with van der Waals surface area (Å²) < 4.78 is 56.6. The van der Waals surface area contributed by atoms with Crippen LogP contribution in [0.15, 0.2) is 23.0 Å². The van der Waals surface area contributed by atoms with Crippen molar-refractivity contribution in [3.8, 4) is 11.5 Å². The second-order valence-corrected chi connectivity index (χ2v) is 4.43. The molecule has 1 aromatic heterocycles. The van der Waals surface area contributed by atoms with Crippen molar-refractivity contribution in [3.05, 3.63) is 50.9 Å². The minimum absolute atomic E-state index is 0.277.